The first-order valence-corrected chi connectivity index (χ1v) is 7.66. The van der Waals surface area contributed by atoms with E-state index in [4.69, 9.17) is 0 Å². The van der Waals surface area contributed by atoms with E-state index in [2.05, 4.69) is 56.2 Å². The number of anilines is 1. The first-order valence-electron chi connectivity index (χ1n) is 7.66. The zero-order chi connectivity index (χ0) is 15.8. The minimum Gasteiger partial charge on any atom is -0.354 e. The predicted octanol–water partition coefficient (Wildman–Crippen LogP) is 1.30. The van der Waals surface area contributed by atoms with Gasteiger partial charge in [0.15, 0.2) is 5.96 Å². The number of rotatable bonds is 5. The third-order valence-corrected chi connectivity index (χ3v) is 3.73. The predicted molar refractivity (Wildman–Crippen MR) is 108 cm³/mol. The third kappa shape index (κ3) is 6.34. The van der Waals surface area contributed by atoms with Gasteiger partial charge in [-0.15, -0.1) is 30.6 Å². The van der Waals surface area contributed by atoms with Crippen molar-refractivity contribution in [2.45, 2.75) is 6.54 Å². The van der Waals surface area contributed by atoms with Crippen molar-refractivity contribution in [2.24, 2.45) is 4.99 Å². The van der Waals surface area contributed by atoms with Gasteiger partial charge in [0.2, 0.25) is 0 Å². The third-order valence-electron chi connectivity index (χ3n) is 3.73. The molecule has 0 aromatic carbocycles. The molecule has 1 aromatic heterocycles. The lowest BCUT2D eigenvalue weighted by molar-refractivity contribution is 0.312. The van der Waals surface area contributed by atoms with Crippen LogP contribution in [0.4, 0.5) is 5.82 Å². The Hall–Kier alpha value is -1.35. The summed E-state index contributed by atoms with van der Waals surface area (Å²) in [4.78, 5) is 13.4. The van der Waals surface area contributed by atoms with E-state index in [1.54, 1.807) is 13.1 Å². The van der Waals surface area contributed by atoms with Crippen LogP contribution >= 0.6 is 24.0 Å². The molecule has 0 aliphatic carbocycles. The van der Waals surface area contributed by atoms with Gasteiger partial charge in [0, 0.05) is 52.5 Å². The summed E-state index contributed by atoms with van der Waals surface area (Å²) in [6.07, 6.45) is 3.74. The topological polar surface area (TPSA) is 55.8 Å². The Bertz CT molecular complexity index is 494. The van der Waals surface area contributed by atoms with Gasteiger partial charge >= 0.3 is 0 Å². The molecule has 1 fully saturated rings. The van der Waals surface area contributed by atoms with Gasteiger partial charge in [-0.05, 0) is 18.7 Å². The van der Waals surface area contributed by atoms with Crippen LogP contribution in [0.5, 0.6) is 0 Å². The van der Waals surface area contributed by atoms with Gasteiger partial charge < -0.3 is 20.4 Å². The molecule has 23 heavy (non-hydrogen) atoms. The van der Waals surface area contributed by atoms with Crippen LogP contribution in [-0.2, 0) is 6.54 Å². The van der Waals surface area contributed by atoms with E-state index in [1.807, 2.05) is 6.20 Å². The molecular formula is C16H27IN6. The van der Waals surface area contributed by atoms with Crippen molar-refractivity contribution in [2.75, 3.05) is 51.7 Å². The van der Waals surface area contributed by atoms with E-state index < -0.39 is 0 Å². The van der Waals surface area contributed by atoms with E-state index in [-0.39, 0.29) is 24.0 Å². The Morgan fingerprint density at radius 1 is 1.30 bits per heavy atom. The van der Waals surface area contributed by atoms with E-state index >= 15 is 0 Å². The molecule has 128 valence electrons. The molecule has 1 aliphatic rings. The van der Waals surface area contributed by atoms with Crippen LogP contribution in [0.3, 0.4) is 0 Å². The lowest BCUT2D eigenvalue weighted by Crippen LogP contribution is -2.44. The number of pyridine rings is 1. The highest BCUT2D eigenvalue weighted by Gasteiger charge is 2.14. The van der Waals surface area contributed by atoms with Crippen molar-refractivity contribution in [1.29, 1.82) is 0 Å². The van der Waals surface area contributed by atoms with E-state index in [9.17, 15) is 0 Å². The molecule has 1 aromatic rings. The Labute approximate surface area is 156 Å². The van der Waals surface area contributed by atoms with Crippen LogP contribution in [0, 0.1) is 0 Å². The number of guanidine groups is 1. The fourth-order valence-electron chi connectivity index (χ4n) is 2.32. The normalized spacial score (nSPS) is 15.7. The van der Waals surface area contributed by atoms with Crippen molar-refractivity contribution in [1.82, 2.24) is 20.5 Å². The smallest absolute Gasteiger partial charge is 0.191 e. The Kier molecular flexibility index (Phi) is 8.93. The Balaban J connectivity index is 0.00000264. The molecule has 0 unspecified atom stereocenters. The summed E-state index contributed by atoms with van der Waals surface area (Å²) in [5.41, 5.74) is 1.14. The Morgan fingerprint density at radius 3 is 2.61 bits per heavy atom. The average Bonchev–Trinajstić information content (AvgIpc) is 2.56. The zero-order valence-electron chi connectivity index (χ0n) is 14.0. The minimum atomic E-state index is 0. The van der Waals surface area contributed by atoms with Crippen molar-refractivity contribution in [3.63, 3.8) is 0 Å². The zero-order valence-corrected chi connectivity index (χ0v) is 16.3. The fourth-order valence-corrected chi connectivity index (χ4v) is 2.32. The summed E-state index contributed by atoms with van der Waals surface area (Å²) in [7, 11) is 3.92. The molecule has 1 aliphatic heterocycles. The number of nitrogens with zero attached hydrogens (tertiary/aromatic N) is 4. The lowest BCUT2D eigenvalue weighted by Gasteiger charge is -2.33. The van der Waals surface area contributed by atoms with Crippen molar-refractivity contribution in [3.8, 4) is 0 Å². The first-order chi connectivity index (χ1) is 10.7. The number of hydrogen-bond donors (Lipinski definition) is 2. The number of halogens is 1. The summed E-state index contributed by atoms with van der Waals surface area (Å²) in [6, 6.07) is 4.22. The van der Waals surface area contributed by atoms with Gasteiger partial charge in [0.05, 0.1) is 0 Å². The molecule has 0 spiro atoms. The van der Waals surface area contributed by atoms with Crippen LogP contribution in [0.2, 0.25) is 0 Å². The summed E-state index contributed by atoms with van der Waals surface area (Å²) < 4.78 is 0. The maximum absolute atomic E-state index is 4.58. The second kappa shape index (κ2) is 10.4. The van der Waals surface area contributed by atoms with Gasteiger partial charge in [-0.3, -0.25) is 4.99 Å². The molecule has 0 atom stereocenters. The van der Waals surface area contributed by atoms with Gasteiger partial charge in [-0.25, -0.2) is 4.98 Å². The minimum absolute atomic E-state index is 0. The Morgan fingerprint density at radius 2 is 2.04 bits per heavy atom. The highest BCUT2D eigenvalue weighted by Crippen LogP contribution is 2.13. The maximum atomic E-state index is 4.58. The molecule has 7 heteroatoms. The molecule has 0 amide bonds. The SMILES string of the molecule is C=CCNC(=NC)NCc1ccc(N2CCN(C)CC2)nc1.I. The second-order valence-electron chi connectivity index (χ2n) is 5.41. The monoisotopic (exact) mass is 430 g/mol. The van der Waals surface area contributed by atoms with Gasteiger partial charge in [-0.2, -0.15) is 0 Å². The molecule has 0 saturated carbocycles. The van der Waals surface area contributed by atoms with Crippen LogP contribution in [0.15, 0.2) is 36.0 Å². The number of piperazine rings is 1. The van der Waals surface area contributed by atoms with Gasteiger partial charge in [0.25, 0.3) is 0 Å². The van der Waals surface area contributed by atoms with Crippen molar-refractivity contribution >= 4 is 35.8 Å². The maximum Gasteiger partial charge on any atom is 0.191 e. The van der Waals surface area contributed by atoms with Crippen LogP contribution < -0.4 is 15.5 Å². The van der Waals surface area contributed by atoms with E-state index in [1.165, 1.54) is 0 Å². The molecule has 0 radical (unpaired) electrons. The summed E-state index contributed by atoms with van der Waals surface area (Å²) >= 11 is 0. The van der Waals surface area contributed by atoms with Crippen molar-refractivity contribution in [3.05, 3.63) is 36.5 Å². The summed E-state index contributed by atoms with van der Waals surface area (Å²) in [5, 5.41) is 6.40. The molecule has 2 N–H and O–H groups in total. The number of likely N-dealkylation sites (N-methyl/N-ethyl adjacent to an activating group) is 1. The molecule has 0 bridgehead atoms. The molecule has 6 nitrogen and oxygen atoms in total. The summed E-state index contributed by atoms with van der Waals surface area (Å²) in [5.74, 6) is 1.83. The average molecular weight is 430 g/mol. The first kappa shape index (κ1) is 19.7. The number of hydrogen-bond acceptors (Lipinski definition) is 4. The quantitative estimate of drug-likeness (QED) is 0.319. The largest absolute Gasteiger partial charge is 0.354 e. The fraction of sp³-hybridized carbons (Fsp3) is 0.500. The van der Waals surface area contributed by atoms with Crippen molar-refractivity contribution < 1.29 is 0 Å². The lowest BCUT2D eigenvalue weighted by atomic mass is 10.2. The standard InChI is InChI=1S/C16H26N6.HI/c1-4-7-18-16(17-2)20-13-14-5-6-15(19-12-14)22-10-8-21(3)9-11-22;/h4-6,12H,1,7-11,13H2,2-3H3,(H2,17,18,20);1H. The molecule has 1 saturated heterocycles. The van der Waals surface area contributed by atoms with Crippen LogP contribution in [0.25, 0.3) is 0 Å². The van der Waals surface area contributed by atoms with E-state index in [0.29, 0.717) is 13.1 Å². The molecule has 2 rings (SSSR count). The molecule has 2 heterocycles. The highest BCUT2D eigenvalue weighted by molar-refractivity contribution is 14.0. The summed E-state index contributed by atoms with van der Waals surface area (Å²) in [6.45, 7) is 9.35. The van der Waals surface area contributed by atoms with E-state index in [0.717, 1.165) is 43.5 Å². The number of aliphatic imine (C=N–C) groups is 1. The van der Waals surface area contributed by atoms with Crippen LogP contribution in [0.1, 0.15) is 5.56 Å². The van der Waals surface area contributed by atoms with Crippen LogP contribution in [-0.4, -0.2) is 62.7 Å². The van der Waals surface area contributed by atoms with Gasteiger partial charge in [-0.1, -0.05) is 12.1 Å². The highest BCUT2D eigenvalue weighted by atomic mass is 127. The number of nitrogens with one attached hydrogen (secondary N) is 2. The molecular weight excluding hydrogens is 403 g/mol. The second-order valence-corrected chi connectivity index (χ2v) is 5.41. The van der Waals surface area contributed by atoms with Gasteiger partial charge in [0.1, 0.15) is 5.82 Å². The number of aromatic nitrogens is 1.